The molecule has 0 aromatic rings. The van der Waals surface area contributed by atoms with Crippen LogP contribution in [0, 0.1) is 0 Å². The van der Waals surface area contributed by atoms with Crippen LogP contribution in [0.2, 0.25) is 0 Å². The van der Waals surface area contributed by atoms with Gasteiger partial charge in [0.05, 0.1) is 11.0 Å². The molecule has 0 spiro atoms. The molecule has 1 atom stereocenters. The first-order valence-corrected chi connectivity index (χ1v) is 5.44. The Hall–Kier alpha value is 0.330. The maximum atomic E-state index is 10.9. The van der Waals surface area contributed by atoms with Crippen molar-refractivity contribution in [1.29, 1.82) is 0 Å². The molecule has 0 aromatic carbocycles. The number of rotatable bonds is 1. The summed E-state index contributed by atoms with van der Waals surface area (Å²) in [5, 5.41) is 0. The monoisotopic (exact) mass is 223 g/mol. The average molecular weight is 224 g/mol. The predicted octanol–water partition coefficient (Wildman–Crippen LogP) is 1.26. The Morgan fingerprint density at radius 2 is 2.50 bits per heavy atom. The van der Waals surface area contributed by atoms with E-state index in [0.29, 0.717) is 0 Å². The van der Waals surface area contributed by atoms with Crippen LogP contribution < -0.4 is 0 Å². The summed E-state index contributed by atoms with van der Waals surface area (Å²) in [6.07, 6.45) is 4.84. The standard InChI is InChI=1S/C6H10BrNOS/c1-10(9)8-4-2-3-6(7)5-8/h3H,2,4-5H2,1H3. The molecule has 1 rings (SSSR count). The van der Waals surface area contributed by atoms with Gasteiger partial charge in [0.25, 0.3) is 0 Å². The third kappa shape index (κ3) is 2.18. The molecule has 0 amide bonds. The van der Waals surface area contributed by atoms with Gasteiger partial charge in [0.1, 0.15) is 0 Å². The quantitative estimate of drug-likeness (QED) is 0.656. The third-order valence-corrected chi connectivity index (χ3v) is 3.05. The molecule has 1 unspecified atom stereocenters. The summed E-state index contributed by atoms with van der Waals surface area (Å²) in [7, 11) is -0.810. The summed E-state index contributed by atoms with van der Waals surface area (Å²) in [6, 6.07) is 0. The Balaban J connectivity index is 2.53. The molecular formula is C6H10BrNOS. The molecule has 10 heavy (non-hydrogen) atoms. The second kappa shape index (κ2) is 3.64. The van der Waals surface area contributed by atoms with Crippen molar-refractivity contribution >= 4 is 26.9 Å². The van der Waals surface area contributed by atoms with Crippen molar-refractivity contribution in [3.63, 3.8) is 0 Å². The van der Waals surface area contributed by atoms with Crippen molar-refractivity contribution in [1.82, 2.24) is 4.31 Å². The topological polar surface area (TPSA) is 20.3 Å². The summed E-state index contributed by atoms with van der Waals surface area (Å²) in [6.45, 7) is 1.71. The summed E-state index contributed by atoms with van der Waals surface area (Å²) in [5.41, 5.74) is 0. The van der Waals surface area contributed by atoms with Crippen molar-refractivity contribution < 1.29 is 4.21 Å². The van der Waals surface area contributed by atoms with Gasteiger partial charge >= 0.3 is 0 Å². The number of hydrogen-bond acceptors (Lipinski definition) is 1. The van der Waals surface area contributed by atoms with E-state index in [1.807, 2.05) is 4.31 Å². The molecule has 0 saturated heterocycles. The van der Waals surface area contributed by atoms with Gasteiger partial charge in [-0.05, 0) is 6.42 Å². The highest BCUT2D eigenvalue weighted by atomic mass is 79.9. The molecule has 0 fully saturated rings. The Labute approximate surface area is 72.0 Å². The van der Waals surface area contributed by atoms with Crippen LogP contribution in [0.4, 0.5) is 0 Å². The zero-order valence-electron chi connectivity index (χ0n) is 5.84. The fourth-order valence-corrected chi connectivity index (χ4v) is 2.28. The van der Waals surface area contributed by atoms with E-state index < -0.39 is 11.0 Å². The van der Waals surface area contributed by atoms with Crippen LogP contribution >= 0.6 is 15.9 Å². The van der Waals surface area contributed by atoms with E-state index in [2.05, 4.69) is 22.0 Å². The Bertz CT molecular complexity index is 181. The third-order valence-electron chi connectivity index (χ3n) is 1.44. The maximum absolute atomic E-state index is 10.9. The van der Waals surface area contributed by atoms with Crippen molar-refractivity contribution in [2.24, 2.45) is 0 Å². The van der Waals surface area contributed by atoms with Gasteiger partial charge in [0.15, 0.2) is 0 Å². The van der Waals surface area contributed by atoms with Gasteiger partial charge in [-0.2, -0.15) is 0 Å². The first kappa shape index (κ1) is 8.43. The molecule has 1 heterocycles. The zero-order valence-corrected chi connectivity index (χ0v) is 8.24. The molecule has 0 aromatic heterocycles. The van der Waals surface area contributed by atoms with Gasteiger partial charge in [0, 0.05) is 23.8 Å². The molecule has 1 aliphatic rings. The molecule has 1 aliphatic heterocycles. The molecule has 4 heteroatoms. The van der Waals surface area contributed by atoms with Crippen LogP contribution in [0.15, 0.2) is 10.6 Å². The lowest BCUT2D eigenvalue weighted by Gasteiger charge is -2.21. The number of hydrogen-bond donors (Lipinski definition) is 0. The van der Waals surface area contributed by atoms with E-state index >= 15 is 0 Å². The van der Waals surface area contributed by atoms with Crippen LogP contribution in [0.1, 0.15) is 6.42 Å². The van der Waals surface area contributed by atoms with E-state index in [-0.39, 0.29) is 0 Å². The van der Waals surface area contributed by atoms with E-state index in [1.165, 1.54) is 0 Å². The van der Waals surface area contributed by atoms with Crippen molar-refractivity contribution in [3.05, 3.63) is 10.6 Å². The first-order chi connectivity index (χ1) is 4.70. The second-order valence-corrected chi connectivity index (χ2v) is 4.61. The molecule has 0 aliphatic carbocycles. The Kier molecular flexibility index (Phi) is 3.07. The lowest BCUT2D eigenvalue weighted by Crippen LogP contribution is -2.29. The lowest BCUT2D eigenvalue weighted by molar-refractivity contribution is 0.479. The van der Waals surface area contributed by atoms with Crippen LogP contribution in [0.5, 0.6) is 0 Å². The maximum Gasteiger partial charge on any atom is 0.0914 e. The molecular weight excluding hydrogens is 214 g/mol. The van der Waals surface area contributed by atoms with Crippen molar-refractivity contribution in [2.75, 3.05) is 19.3 Å². The highest BCUT2D eigenvalue weighted by molar-refractivity contribution is 9.11. The van der Waals surface area contributed by atoms with Gasteiger partial charge in [-0.3, -0.25) is 0 Å². The van der Waals surface area contributed by atoms with E-state index in [0.717, 1.165) is 24.0 Å². The minimum atomic E-state index is -0.810. The van der Waals surface area contributed by atoms with E-state index in [4.69, 9.17) is 0 Å². The molecule has 0 bridgehead atoms. The second-order valence-electron chi connectivity index (χ2n) is 2.23. The number of halogens is 1. The van der Waals surface area contributed by atoms with Gasteiger partial charge < -0.3 is 0 Å². The normalized spacial score (nSPS) is 24.0. The van der Waals surface area contributed by atoms with Crippen molar-refractivity contribution in [3.8, 4) is 0 Å². The van der Waals surface area contributed by atoms with Gasteiger partial charge in [0.2, 0.25) is 0 Å². The summed E-state index contributed by atoms with van der Waals surface area (Å²) in [4.78, 5) is 0. The van der Waals surface area contributed by atoms with Crippen molar-refractivity contribution in [2.45, 2.75) is 6.42 Å². The smallest absolute Gasteiger partial charge is 0.0914 e. The zero-order chi connectivity index (χ0) is 7.56. The minimum Gasteiger partial charge on any atom is -0.243 e. The van der Waals surface area contributed by atoms with Gasteiger partial charge in [-0.15, -0.1) is 0 Å². The van der Waals surface area contributed by atoms with Crippen LogP contribution in [0.3, 0.4) is 0 Å². The Morgan fingerprint density at radius 3 is 2.90 bits per heavy atom. The highest BCUT2D eigenvalue weighted by Crippen LogP contribution is 2.15. The first-order valence-electron chi connectivity index (χ1n) is 3.13. The largest absolute Gasteiger partial charge is 0.243 e. The van der Waals surface area contributed by atoms with Crippen LogP contribution in [-0.4, -0.2) is 27.9 Å². The van der Waals surface area contributed by atoms with Gasteiger partial charge in [-0.1, -0.05) is 22.0 Å². The summed E-state index contributed by atoms with van der Waals surface area (Å²) in [5.74, 6) is 0. The molecule has 2 nitrogen and oxygen atoms in total. The van der Waals surface area contributed by atoms with E-state index in [9.17, 15) is 4.21 Å². The van der Waals surface area contributed by atoms with E-state index in [1.54, 1.807) is 6.26 Å². The lowest BCUT2D eigenvalue weighted by atomic mass is 10.3. The Morgan fingerprint density at radius 1 is 1.80 bits per heavy atom. The number of nitrogens with zero attached hydrogens (tertiary/aromatic N) is 1. The SMILES string of the molecule is CS(=O)N1CCC=C(Br)C1. The van der Waals surface area contributed by atoms with Gasteiger partial charge in [-0.25, -0.2) is 8.51 Å². The fraction of sp³-hybridized carbons (Fsp3) is 0.667. The minimum absolute atomic E-state index is 0.795. The molecule has 0 radical (unpaired) electrons. The predicted molar refractivity (Wildman–Crippen MR) is 47.3 cm³/mol. The van der Waals surface area contributed by atoms with Crippen LogP contribution in [0.25, 0.3) is 0 Å². The molecule has 58 valence electrons. The summed E-state index contributed by atoms with van der Waals surface area (Å²) < 4.78 is 14.0. The molecule has 0 N–H and O–H groups in total. The molecule has 0 saturated carbocycles. The van der Waals surface area contributed by atoms with Crippen LogP contribution in [-0.2, 0) is 11.0 Å². The summed E-state index contributed by atoms with van der Waals surface area (Å²) >= 11 is 3.38. The fourth-order valence-electron chi connectivity index (χ4n) is 0.897. The average Bonchev–Trinajstić information content (AvgIpc) is 1.88. The highest BCUT2D eigenvalue weighted by Gasteiger charge is 2.12.